The molecule has 0 bridgehead atoms. The van der Waals surface area contributed by atoms with Crippen LogP contribution >= 0.6 is 11.3 Å². The molecule has 0 radical (unpaired) electrons. The molecule has 0 saturated carbocycles. The normalized spacial score (nSPS) is 12.1. The molecule has 0 unspecified atom stereocenters. The summed E-state index contributed by atoms with van der Waals surface area (Å²) in [5.41, 5.74) is 15.4. The van der Waals surface area contributed by atoms with Gasteiger partial charge in [-0.15, -0.1) is 11.3 Å². The van der Waals surface area contributed by atoms with Crippen molar-refractivity contribution in [1.29, 1.82) is 0 Å². The van der Waals surface area contributed by atoms with E-state index in [2.05, 4.69) is 238 Å². The highest BCUT2D eigenvalue weighted by Gasteiger charge is 2.25. The topological polar surface area (TPSA) is 12.6 Å². The Morgan fingerprint density at radius 2 is 0.938 bits per heavy atom. The van der Waals surface area contributed by atoms with Gasteiger partial charge in [0, 0.05) is 69.9 Å². The number of para-hydroxylation sites is 3. The number of nitrogens with zero attached hydrogens (tertiary/aromatic N) is 3. The van der Waals surface area contributed by atoms with E-state index in [0.29, 0.717) is 0 Å². The van der Waals surface area contributed by atoms with E-state index in [1.807, 2.05) is 11.3 Å². The Morgan fingerprint density at radius 3 is 1.69 bits per heavy atom. The summed E-state index contributed by atoms with van der Waals surface area (Å²) in [5, 5.41) is 10.2. The lowest BCUT2D eigenvalue weighted by Gasteiger charge is -2.26. The fraction of sp³-hybridized carbons (Fsp3) is 0. The van der Waals surface area contributed by atoms with Crippen LogP contribution in [0.1, 0.15) is 0 Å². The van der Waals surface area contributed by atoms with E-state index in [1.54, 1.807) is 0 Å². The zero-order chi connectivity index (χ0) is 41.9. The summed E-state index contributed by atoms with van der Waals surface area (Å²) in [6.07, 6.45) is 0. The average molecular weight is 832 g/mol. The van der Waals surface area contributed by atoms with Gasteiger partial charge in [0.2, 0.25) is 0 Å². The highest BCUT2D eigenvalue weighted by atomic mass is 32.1. The molecule has 0 aliphatic heterocycles. The summed E-state index contributed by atoms with van der Waals surface area (Å²) < 4.78 is 7.68. The van der Waals surface area contributed by atoms with Gasteiger partial charge in [-0.1, -0.05) is 140 Å². The summed E-state index contributed by atoms with van der Waals surface area (Å²) in [6, 6.07) is 82.6. The third-order valence-corrected chi connectivity index (χ3v) is 14.6. The molecule has 10 aromatic carbocycles. The van der Waals surface area contributed by atoms with Crippen molar-refractivity contribution in [3.8, 4) is 27.9 Å². The fourth-order valence-corrected chi connectivity index (χ4v) is 11.9. The number of aromatic nitrogens is 2. The third-order valence-electron chi connectivity index (χ3n) is 13.4. The first-order chi connectivity index (χ1) is 31.8. The molecule has 0 aliphatic carbocycles. The molecule has 298 valence electrons. The first-order valence-corrected chi connectivity index (χ1v) is 22.7. The van der Waals surface area contributed by atoms with Gasteiger partial charge in [0.1, 0.15) is 0 Å². The number of fused-ring (bicyclic) bond motifs is 9. The van der Waals surface area contributed by atoms with Crippen LogP contribution in [0.2, 0.25) is 0 Å². The van der Waals surface area contributed by atoms with E-state index in [-0.39, 0.29) is 0 Å². The second-order valence-electron chi connectivity index (χ2n) is 16.9. The minimum absolute atomic E-state index is 1.10. The number of hydrogen-bond acceptors (Lipinski definition) is 2. The van der Waals surface area contributed by atoms with Crippen molar-refractivity contribution in [2.45, 2.75) is 0 Å². The molecule has 0 fully saturated rings. The van der Waals surface area contributed by atoms with Gasteiger partial charge in [0.05, 0.1) is 27.6 Å². The van der Waals surface area contributed by atoms with Crippen molar-refractivity contribution >= 4 is 108 Å². The van der Waals surface area contributed by atoms with Crippen LogP contribution in [0.25, 0.3) is 108 Å². The monoisotopic (exact) mass is 831 g/mol. The number of rotatable bonds is 6. The molecule has 4 heterocycles. The van der Waals surface area contributed by atoms with Crippen molar-refractivity contribution in [2.75, 3.05) is 4.90 Å². The summed E-state index contributed by atoms with van der Waals surface area (Å²) in [4.78, 5) is 2.35. The van der Waals surface area contributed by atoms with Gasteiger partial charge in [-0.25, -0.2) is 0 Å². The Morgan fingerprint density at radius 1 is 0.344 bits per heavy atom. The number of anilines is 3. The summed E-state index contributed by atoms with van der Waals surface area (Å²) in [6.45, 7) is 0. The lowest BCUT2D eigenvalue weighted by Crippen LogP contribution is -2.10. The second kappa shape index (κ2) is 13.7. The molecule has 0 N–H and O–H groups in total. The van der Waals surface area contributed by atoms with Gasteiger partial charge in [0.25, 0.3) is 0 Å². The van der Waals surface area contributed by atoms with E-state index in [1.165, 1.54) is 102 Å². The smallest absolute Gasteiger partial charge is 0.0641 e. The van der Waals surface area contributed by atoms with Gasteiger partial charge in [-0.2, -0.15) is 0 Å². The fourth-order valence-electron chi connectivity index (χ4n) is 10.7. The van der Waals surface area contributed by atoms with Crippen molar-refractivity contribution in [3.63, 3.8) is 0 Å². The van der Waals surface area contributed by atoms with Crippen LogP contribution in [0.15, 0.2) is 224 Å². The molecule has 0 spiro atoms. The zero-order valence-electron chi connectivity index (χ0n) is 34.6. The van der Waals surface area contributed by atoms with Crippen LogP contribution in [0.4, 0.5) is 17.1 Å². The summed E-state index contributed by atoms with van der Waals surface area (Å²) >= 11 is 1.89. The first-order valence-electron chi connectivity index (χ1n) is 21.9. The SMILES string of the molecule is c1ccc(-c2ccc(N(c3ccccc3)c3ccc(-n4c5cc(-c6cccc7c6sc6ccccc67)cc6c7ccccc7n7c8ccccc8c8ccc4c(c65)c87)cc3)cc2)cc1. The molecule has 0 saturated heterocycles. The minimum Gasteiger partial charge on any atom is -0.311 e. The highest BCUT2D eigenvalue weighted by Crippen LogP contribution is 2.48. The van der Waals surface area contributed by atoms with Crippen molar-refractivity contribution in [2.24, 2.45) is 0 Å². The highest BCUT2D eigenvalue weighted by molar-refractivity contribution is 7.26. The van der Waals surface area contributed by atoms with Crippen LogP contribution in [0, 0.1) is 0 Å². The van der Waals surface area contributed by atoms with E-state index in [0.717, 1.165) is 22.7 Å². The molecule has 4 aromatic heterocycles. The molecule has 3 nitrogen and oxygen atoms in total. The molecule has 0 atom stereocenters. The van der Waals surface area contributed by atoms with Crippen LogP contribution in [0.5, 0.6) is 0 Å². The lowest BCUT2D eigenvalue weighted by molar-refractivity contribution is 1.17. The van der Waals surface area contributed by atoms with Gasteiger partial charge in [-0.05, 0) is 113 Å². The molecule has 14 aromatic rings. The Balaban J connectivity index is 1.04. The molecule has 4 heteroatoms. The molecular formula is C60H37N3S. The number of hydrogen-bond donors (Lipinski definition) is 0. The van der Waals surface area contributed by atoms with Crippen molar-refractivity contribution in [3.05, 3.63) is 224 Å². The second-order valence-corrected chi connectivity index (χ2v) is 17.9. The van der Waals surface area contributed by atoms with Crippen LogP contribution in [0.3, 0.4) is 0 Å². The van der Waals surface area contributed by atoms with Crippen LogP contribution in [-0.2, 0) is 0 Å². The molecule has 0 aliphatic rings. The van der Waals surface area contributed by atoms with Gasteiger partial charge in [0.15, 0.2) is 0 Å². The van der Waals surface area contributed by atoms with Crippen LogP contribution < -0.4 is 4.90 Å². The van der Waals surface area contributed by atoms with E-state index >= 15 is 0 Å². The largest absolute Gasteiger partial charge is 0.311 e. The minimum atomic E-state index is 1.10. The quantitative estimate of drug-likeness (QED) is 0.163. The zero-order valence-corrected chi connectivity index (χ0v) is 35.4. The lowest BCUT2D eigenvalue weighted by atomic mass is 9.97. The summed E-state index contributed by atoms with van der Waals surface area (Å²) in [7, 11) is 0. The molecule has 14 rings (SSSR count). The maximum Gasteiger partial charge on any atom is 0.0641 e. The first kappa shape index (κ1) is 35.4. The Hall–Kier alpha value is -8.18. The standard InChI is InChI=1S/C60H37N3S/c1-3-14-38(15-4-1)39-26-28-42(29-27-39)61(41-16-5-2-6-17-41)43-30-32-44(33-31-43)62-54-35-34-49-46-18-7-10-23-52(46)63-53-24-11-8-19-47(53)51-36-40(37-55(62)57(51)58(54)59(49)63)45-21-13-22-50-48-20-9-12-25-56(48)64-60(45)50/h1-37H. The van der Waals surface area contributed by atoms with E-state index in [4.69, 9.17) is 0 Å². The van der Waals surface area contributed by atoms with E-state index < -0.39 is 0 Å². The van der Waals surface area contributed by atoms with Gasteiger partial charge in [-0.3, -0.25) is 0 Å². The van der Waals surface area contributed by atoms with Gasteiger partial charge >= 0.3 is 0 Å². The molecular weight excluding hydrogens is 795 g/mol. The van der Waals surface area contributed by atoms with Gasteiger partial charge < -0.3 is 13.9 Å². The van der Waals surface area contributed by atoms with Crippen LogP contribution in [-0.4, -0.2) is 8.97 Å². The average Bonchev–Trinajstić information content (AvgIpc) is 4.00. The molecule has 0 amide bonds. The Labute approximate surface area is 372 Å². The number of thiophene rings is 1. The maximum atomic E-state index is 2.53. The number of benzene rings is 10. The maximum absolute atomic E-state index is 2.53. The summed E-state index contributed by atoms with van der Waals surface area (Å²) in [5.74, 6) is 0. The Bertz CT molecular complexity index is 4100. The van der Waals surface area contributed by atoms with Crippen molar-refractivity contribution < 1.29 is 0 Å². The Kier molecular flexibility index (Phi) is 7.56. The van der Waals surface area contributed by atoms with E-state index in [9.17, 15) is 0 Å². The molecule has 64 heavy (non-hydrogen) atoms. The van der Waals surface area contributed by atoms with Crippen molar-refractivity contribution in [1.82, 2.24) is 8.97 Å². The predicted octanol–water partition coefficient (Wildman–Crippen LogP) is 17.1. The predicted molar refractivity (Wildman–Crippen MR) is 274 cm³/mol. The third kappa shape index (κ3) is 5.09.